The highest BCUT2D eigenvalue weighted by Crippen LogP contribution is 2.32. The van der Waals surface area contributed by atoms with Crippen LogP contribution in [0.2, 0.25) is 0 Å². The SMILES string of the molecule is O=C(N/N=C\c1cc(Br)cc([N+](=O)[O-])c1O)C(=O)Nc1cccc2ccccc12. The fourth-order valence-corrected chi connectivity index (χ4v) is 3.03. The number of hydrogen-bond donors (Lipinski definition) is 3. The molecule has 0 aromatic heterocycles. The first-order valence-corrected chi connectivity index (χ1v) is 8.95. The van der Waals surface area contributed by atoms with E-state index in [1.165, 1.54) is 6.07 Å². The normalized spacial score (nSPS) is 10.8. The van der Waals surface area contributed by atoms with Gasteiger partial charge in [-0.2, -0.15) is 5.10 Å². The number of nitro groups is 1. The van der Waals surface area contributed by atoms with Gasteiger partial charge in [-0.05, 0) is 17.5 Å². The third kappa shape index (κ3) is 4.55. The molecule has 3 aromatic rings. The summed E-state index contributed by atoms with van der Waals surface area (Å²) in [6.07, 6.45) is 0.996. The number of carbonyl (C=O) groups excluding carboxylic acids is 2. The molecule has 0 atom stereocenters. The number of nitrogens with one attached hydrogen (secondary N) is 2. The van der Waals surface area contributed by atoms with Crippen molar-refractivity contribution >= 4 is 56.1 Å². The Labute approximate surface area is 172 Å². The van der Waals surface area contributed by atoms with Gasteiger partial charge in [-0.1, -0.05) is 52.3 Å². The van der Waals surface area contributed by atoms with Crippen molar-refractivity contribution in [3.8, 4) is 5.75 Å². The van der Waals surface area contributed by atoms with Crippen molar-refractivity contribution in [2.45, 2.75) is 0 Å². The van der Waals surface area contributed by atoms with E-state index in [0.29, 0.717) is 10.2 Å². The fraction of sp³-hybridized carbons (Fsp3) is 0. The van der Waals surface area contributed by atoms with E-state index in [9.17, 15) is 24.8 Å². The van der Waals surface area contributed by atoms with Gasteiger partial charge >= 0.3 is 17.5 Å². The largest absolute Gasteiger partial charge is 0.502 e. The highest BCUT2D eigenvalue weighted by atomic mass is 79.9. The molecule has 0 aliphatic rings. The van der Waals surface area contributed by atoms with Gasteiger partial charge in [-0.15, -0.1) is 0 Å². The maximum absolute atomic E-state index is 12.1. The molecule has 0 spiro atoms. The van der Waals surface area contributed by atoms with Crippen molar-refractivity contribution in [1.82, 2.24) is 5.43 Å². The third-order valence-corrected chi connectivity index (χ3v) is 4.35. The molecule has 10 heteroatoms. The molecule has 2 amide bonds. The number of halogens is 1. The van der Waals surface area contributed by atoms with Gasteiger partial charge in [0.2, 0.25) is 5.75 Å². The quantitative estimate of drug-likeness (QED) is 0.239. The van der Waals surface area contributed by atoms with Crippen LogP contribution in [0.5, 0.6) is 5.75 Å². The number of benzene rings is 3. The Morgan fingerprint density at radius 1 is 1.10 bits per heavy atom. The summed E-state index contributed by atoms with van der Waals surface area (Å²) >= 11 is 3.09. The van der Waals surface area contributed by atoms with Crippen LogP contribution in [0.15, 0.2) is 64.2 Å². The van der Waals surface area contributed by atoms with E-state index in [0.717, 1.165) is 23.1 Å². The van der Waals surface area contributed by atoms with Crippen LogP contribution in [-0.2, 0) is 9.59 Å². The van der Waals surface area contributed by atoms with Crippen molar-refractivity contribution in [2.24, 2.45) is 5.10 Å². The second kappa shape index (κ2) is 8.48. The summed E-state index contributed by atoms with van der Waals surface area (Å²) in [5, 5.41) is 28.6. The lowest BCUT2D eigenvalue weighted by molar-refractivity contribution is -0.385. The molecule has 0 unspecified atom stereocenters. The standard InChI is InChI=1S/C19H13BrN4O5/c20-13-8-12(17(25)16(9-13)24(28)29)10-21-23-19(27)18(26)22-15-7-3-5-11-4-1-2-6-14(11)15/h1-10,25H,(H,22,26)(H,23,27)/b21-10-. The number of fused-ring (bicyclic) bond motifs is 1. The molecule has 29 heavy (non-hydrogen) atoms. The maximum atomic E-state index is 12.1. The molecular weight excluding hydrogens is 444 g/mol. The fourth-order valence-electron chi connectivity index (χ4n) is 2.57. The second-order valence-corrected chi connectivity index (χ2v) is 6.72. The van der Waals surface area contributed by atoms with Crippen molar-refractivity contribution < 1.29 is 19.6 Å². The number of nitrogens with zero attached hydrogens (tertiary/aromatic N) is 2. The van der Waals surface area contributed by atoms with Gasteiger partial charge < -0.3 is 10.4 Å². The first-order chi connectivity index (χ1) is 13.9. The molecule has 3 rings (SSSR count). The first-order valence-electron chi connectivity index (χ1n) is 8.16. The predicted molar refractivity (Wildman–Crippen MR) is 111 cm³/mol. The van der Waals surface area contributed by atoms with Gasteiger partial charge in [0.1, 0.15) is 0 Å². The molecule has 0 aliphatic heterocycles. The van der Waals surface area contributed by atoms with E-state index >= 15 is 0 Å². The van der Waals surface area contributed by atoms with Crippen LogP contribution in [0, 0.1) is 10.1 Å². The van der Waals surface area contributed by atoms with E-state index in [1.54, 1.807) is 12.1 Å². The van der Waals surface area contributed by atoms with Crippen LogP contribution >= 0.6 is 15.9 Å². The number of aromatic hydroxyl groups is 1. The maximum Gasteiger partial charge on any atom is 0.329 e. The van der Waals surface area contributed by atoms with Crippen LogP contribution in [0.4, 0.5) is 11.4 Å². The van der Waals surface area contributed by atoms with Gasteiger partial charge in [0, 0.05) is 27.2 Å². The number of hydrogen-bond acceptors (Lipinski definition) is 6. The molecule has 9 nitrogen and oxygen atoms in total. The topological polar surface area (TPSA) is 134 Å². The number of phenols is 1. The first kappa shape index (κ1) is 20.0. The third-order valence-electron chi connectivity index (χ3n) is 3.89. The Morgan fingerprint density at radius 3 is 2.59 bits per heavy atom. The van der Waals surface area contributed by atoms with E-state index in [1.807, 2.05) is 35.8 Å². The number of anilines is 1. The minimum atomic E-state index is -1.04. The van der Waals surface area contributed by atoms with Crippen LogP contribution in [0.3, 0.4) is 0 Å². The minimum absolute atomic E-state index is 0.0131. The zero-order valence-electron chi connectivity index (χ0n) is 14.6. The highest BCUT2D eigenvalue weighted by Gasteiger charge is 2.18. The number of rotatable bonds is 4. The van der Waals surface area contributed by atoms with E-state index in [-0.39, 0.29) is 5.56 Å². The van der Waals surface area contributed by atoms with E-state index in [2.05, 4.69) is 26.3 Å². The lowest BCUT2D eigenvalue weighted by Crippen LogP contribution is -2.32. The van der Waals surface area contributed by atoms with Crippen molar-refractivity contribution in [3.63, 3.8) is 0 Å². The summed E-state index contributed by atoms with van der Waals surface area (Å²) in [5.41, 5.74) is 1.94. The van der Waals surface area contributed by atoms with Crippen molar-refractivity contribution in [1.29, 1.82) is 0 Å². The van der Waals surface area contributed by atoms with Crippen molar-refractivity contribution in [3.05, 3.63) is 74.7 Å². The Bertz CT molecular complexity index is 1160. The summed E-state index contributed by atoms with van der Waals surface area (Å²) in [6.45, 7) is 0. The molecule has 0 saturated carbocycles. The van der Waals surface area contributed by atoms with Crippen molar-refractivity contribution in [2.75, 3.05) is 5.32 Å². The summed E-state index contributed by atoms with van der Waals surface area (Å²) in [5.74, 6) is -2.60. The Kier molecular flexibility index (Phi) is 5.84. The molecule has 0 aliphatic carbocycles. The molecule has 0 bridgehead atoms. The zero-order chi connectivity index (χ0) is 21.0. The molecular formula is C19H13BrN4O5. The number of amides is 2. The summed E-state index contributed by atoms with van der Waals surface area (Å²) in [7, 11) is 0. The lowest BCUT2D eigenvalue weighted by Gasteiger charge is -2.07. The van der Waals surface area contributed by atoms with Crippen LogP contribution in [0.1, 0.15) is 5.56 Å². The molecule has 146 valence electrons. The van der Waals surface area contributed by atoms with E-state index in [4.69, 9.17) is 0 Å². The smallest absolute Gasteiger partial charge is 0.329 e. The van der Waals surface area contributed by atoms with Gasteiger partial charge in [0.25, 0.3) is 0 Å². The average molecular weight is 457 g/mol. The summed E-state index contributed by atoms with van der Waals surface area (Å²) in [6, 6.07) is 15.1. The number of phenolic OH excluding ortho intramolecular Hbond substituents is 1. The molecule has 3 aromatic carbocycles. The summed E-state index contributed by atoms with van der Waals surface area (Å²) < 4.78 is 0.337. The van der Waals surface area contributed by atoms with Gasteiger partial charge in [0.05, 0.1) is 11.1 Å². The van der Waals surface area contributed by atoms with Crippen LogP contribution < -0.4 is 10.7 Å². The molecule has 0 fully saturated rings. The van der Waals surface area contributed by atoms with Crippen LogP contribution in [-0.4, -0.2) is 28.1 Å². The van der Waals surface area contributed by atoms with E-state index < -0.39 is 28.2 Å². The zero-order valence-corrected chi connectivity index (χ0v) is 16.2. The van der Waals surface area contributed by atoms with Gasteiger partial charge in [-0.25, -0.2) is 5.43 Å². The number of hydrazone groups is 1. The number of nitro benzene ring substituents is 1. The second-order valence-electron chi connectivity index (χ2n) is 5.80. The number of carbonyl (C=O) groups is 2. The summed E-state index contributed by atoms with van der Waals surface area (Å²) in [4.78, 5) is 34.3. The molecule has 0 heterocycles. The Hall–Kier alpha value is -3.79. The Morgan fingerprint density at radius 2 is 1.83 bits per heavy atom. The lowest BCUT2D eigenvalue weighted by atomic mass is 10.1. The van der Waals surface area contributed by atoms with Gasteiger partial charge in [-0.3, -0.25) is 19.7 Å². The monoisotopic (exact) mass is 456 g/mol. The van der Waals surface area contributed by atoms with Crippen LogP contribution in [0.25, 0.3) is 10.8 Å². The highest BCUT2D eigenvalue weighted by molar-refractivity contribution is 9.10. The Balaban J connectivity index is 1.71. The predicted octanol–water partition coefficient (Wildman–Crippen LogP) is 3.30. The molecule has 0 saturated heterocycles. The van der Waals surface area contributed by atoms with Gasteiger partial charge in [0.15, 0.2) is 0 Å². The molecule has 0 radical (unpaired) electrons. The average Bonchev–Trinajstić information content (AvgIpc) is 2.70. The minimum Gasteiger partial charge on any atom is -0.502 e. The molecule has 3 N–H and O–H groups in total.